The number of carbonyl (C=O) groups is 2. The molecule has 0 aromatic carbocycles. The van der Waals surface area contributed by atoms with E-state index < -0.39 is 0 Å². The zero-order valence-corrected chi connectivity index (χ0v) is 13.4. The van der Waals surface area contributed by atoms with Crippen LogP contribution in [0.5, 0.6) is 0 Å². The Balaban J connectivity index is 0.00000220. The first kappa shape index (κ1) is 18.2. The van der Waals surface area contributed by atoms with Gasteiger partial charge in [0.05, 0.1) is 0 Å². The van der Waals surface area contributed by atoms with Crippen LogP contribution in [0, 0.1) is 5.92 Å². The van der Waals surface area contributed by atoms with E-state index in [0.29, 0.717) is 26.2 Å². The summed E-state index contributed by atoms with van der Waals surface area (Å²) in [6, 6.07) is 0.169. The van der Waals surface area contributed by atoms with Gasteiger partial charge in [0.2, 0.25) is 11.8 Å². The molecule has 2 atom stereocenters. The number of carbonyl (C=O) groups excluding carboxylic acids is 2. The average Bonchev–Trinajstić information content (AvgIpc) is 2.47. The van der Waals surface area contributed by atoms with Crippen LogP contribution in [0.3, 0.4) is 0 Å². The Morgan fingerprint density at radius 2 is 1.76 bits per heavy atom. The second-order valence-electron chi connectivity index (χ2n) is 5.76. The molecule has 1 aliphatic carbocycles. The van der Waals surface area contributed by atoms with Crippen LogP contribution in [0.25, 0.3) is 0 Å². The first-order chi connectivity index (χ1) is 9.61. The molecule has 1 saturated carbocycles. The molecule has 2 N–H and O–H groups in total. The zero-order valence-electron chi connectivity index (χ0n) is 12.6. The maximum Gasteiger partial charge on any atom is 0.248 e. The highest BCUT2D eigenvalue weighted by Crippen LogP contribution is 2.25. The summed E-state index contributed by atoms with van der Waals surface area (Å²) in [5.41, 5.74) is 5.95. The van der Waals surface area contributed by atoms with Gasteiger partial charge in [-0.25, -0.2) is 0 Å². The maximum atomic E-state index is 12.4. The van der Waals surface area contributed by atoms with E-state index in [1.54, 1.807) is 4.90 Å². The lowest BCUT2D eigenvalue weighted by molar-refractivity contribution is -0.144. The third-order valence-electron chi connectivity index (χ3n) is 4.28. The summed E-state index contributed by atoms with van der Waals surface area (Å²) in [7, 11) is 1.52. The highest BCUT2D eigenvalue weighted by atomic mass is 35.5. The van der Waals surface area contributed by atoms with Gasteiger partial charge in [0.25, 0.3) is 0 Å². The molecular weight excluding hydrogens is 294 g/mol. The van der Waals surface area contributed by atoms with E-state index in [4.69, 9.17) is 10.5 Å². The van der Waals surface area contributed by atoms with E-state index in [0.717, 1.165) is 25.7 Å². The molecule has 2 rings (SSSR count). The number of halogens is 1. The standard InChI is InChI=1S/C14H25N3O3.ClH/c1-20-10-13(18)16-5-7-17(8-6-16)14(19)11-3-2-4-12(15)9-11;/h11-12H,2-10,15H2,1H3;1H. The van der Waals surface area contributed by atoms with Crippen molar-refractivity contribution in [1.29, 1.82) is 0 Å². The van der Waals surface area contributed by atoms with Crippen molar-refractivity contribution in [1.82, 2.24) is 9.80 Å². The summed E-state index contributed by atoms with van der Waals surface area (Å²) in [5, 5.41) is 0. The highest BCUT2D eigenvalue weighted by molar-refractivity contribution is 5.85. The van der Waals surface area contributed by atoms with Crippen LogP contribution >= 0.6 is 12.4 Å². The Morgan fingerprint density at radius 3 is 2.33 bits per heavy atom. The van der Waals surface area contributed by atoms with Crippen molar-refractivity contribution in [2.45, 2.75) is 31.7 Å². The Kier molecular flexibility index (Phi) is 7.42. The smallest absolute Gasteiger partial charge is 0.248 e. The molecule has 2 unspecified atom stereocenters. The molecule has 7 heteroatoms. The summed E-state index contributed by atoms with van der Waals surface area (Å²) in [5.74, 6) is 0.304. The third-order valence-corrected chi connectivity index (χ3v) is 4.28. The van der Waals surface area contributed by atoms with Gasteiger partial charge in [0, 0.05) is 45.2 Å². The number of rotatable bonds is 3. The average molecular weight is 320 g/mol. The van der Waals surface area contributed by atoms with Crippen LogP contribution in [0.4, 0.5) is 0 Å². The summed E-state index contributed by atoms with van der Waals surface area (Å²) in [6.07, 6.45) is 3.84. The molecule has 122 valence electrons. The maximum absolute atomic E-state index is 12.4. The molecule has 6 nitrogen and oxygen atoms in total. The highest BCUT2D eigenvalue weighted by Gasteiger charge is 2.31. The largest absolute Gasteiger partial charge is 0.375 e. The Labute approximate surface area is 132 Å². The van der Waals surface area contributed by atoms with Gasteiger partial charge in [0.1, 0.15) is 6.61 Å². The van der Waals surface area contributed by atoms with E-state index in [2.05, 4.69) is 0 Å². The van der Waals surface area contributed by atoms with Crippen LogP contribution in [0.2, 0.25) is 0 Å². The fourth-order valence-corrected chi connectivity index (χ4v) is 3.10. The fourth-order valence-electron chi connectivity index (χ4n) is 3.10. The molecular formula is C14H26ClN3O3. The van der Waals surface area contributed by atoms with E-state index in [1.165, 1.54) is 7.11 Å². The fraction of sp³-hybridized carbons (Fsp3) is 0.857. The van der Waals surface area contributed by atoms with E-state index in [1.807, 2.05) is 4.90 Å². The quantitative estimate of drug-likeness (QED) is 0.808. The van der Waals surface area contributed by atoms with Gasteiger partial charge in [-0.2, -0.15) is 0 Å². The summed E-state index contributed by atoms with van der Waals surface area (Å²) in [4.78, 5) is 27.8. The molecule has 2 aliphatic rings. The van der Waals surface area contributed by atoms with Crippen molar-refractivity contribution in [2.24, 2.45) is 11.7 Å². The Morgan fingerprint density at radius 1 is 1.14 bits per heavy atom. The first-order valence-corrected chi connectivity index (χ1v) is 7.43. The molecule has 0 radical (unpaired) electrons. The number of methoxy groups -OCH3 is 1. The van der Waals surface area contributed by atoms with E-state index in [9.17, 15) is 9.59 Å². The SMILES string of the molecule is COCC(=O)N1CCN(C(=O)C2CCCC(N)C2)CC1.Cl. The lowest BCUT2D eigenvalue weighted by Crippen LogP contribution is -2.53. The van der Waals surface area contributed by atoms with E-state index >= 15 is 0 Å². The number of amides is 2. The van der Waals surface area contributed by atoms with Crippen LogP contribution in [-0.2, 0) is 14.3 Å². The van der Waals surface area contributed by atoms with Gasteiger partial charge in [0.15, 0.2) is 0 Å². The van der Waals surface area contributed by atoms with E-state index in [-0.39, 0.29) is 42.8 Å². The number of nitrogens with zero attached hydrogens (tertiary/aromatic N) is 2. The molecule has 1 saturated heterocycles. The van der Waals surface area contributed by atoms with Gasteiger partial charge in [-0.15, -0.1) is 12.4 Å². The van der Waals surface area contributed by atoms with Gasteiger partial charge in [-0.05, 0) is 19.3 Å². The van der Waals surface area contributed by atoms with Crippen molar-refractivity contribution in [2.75, 3.05) is 39.9 Å². The van der Waals surface area contributed by atoms with Gasteiger partial charge >= 0.3 is 0 Å². The number of ether oxygens (including phenoxy) is 1. The first-order valence-electron chi connectivity index (χ1n) is 7.43. The number of piperazine rings is 1. The topological polar surface area (TPSA) is 75.9 Å². The van der Waals surface area contributed by atoms with Crippen molar-refractivity contribution in [3.63, 3.8) is 0 Å². The van der Waals surface area contributed by atoms with Gasteiger partial charge < -0.3 is 20.3 Å². The van der Waals surface area contributed by atoms with Crippen molar-refractivity contribution < 1.29 is 14.3 Å². The van der Waals surface area contributed by atoms with Crippen molar-refractivity contribution >= 4 is 24.2 Å². The lowest BCUT2D eigenvalue weighted by atomic mass is 9.85. The molecule has 2 amide bonds. The molecule has 0 bridgehead atoms. The molecule has 21 heavy (non-hydrogen) atoms. The molecule has 1 aliphatic heterocycles. The number of hydrogen-bond acceptors (Lipinski definition) is 4. The molecule has 0 aromatic rings. The van der Waals surface area contributed by atoms with Crippen LogP contribution in [-0.4, -0.2) is 67.6 Å². The number of nitrogens with two attached hydrogens (primary N) is 1. The summed E-state index contributed by atoms with van der Waals surface area (Å²) in [6.45, 7) is 2.57. The summed E-state index contributed by atoms with van der Waals surface area (Å²) < 4.78 is 4.85. The second kappa shape index (κ2) is 8.56. The van der Waals surface area contributed by atoms with Crippen molar-refractivity contribution in [3.05, 3.63) is 0 Å². The third kappa shape index (κ3) is 4.83. The van der Waals surface area contributed by atoms with Crippen LogP contribution < -0.4 is 5.73 Å². The van der Waals surface area contributed by atoms with Gasteiger partial charge in [-0.1, -0.05) is 6.42 Å². The predicted octanol–water partition coefficient (Wildman–Crippen LogP) is 0.243. The zero-order chi connectivity index (χ0) is 14.5. The number of hydrogen-bond donors (Lipinski definition) is 1. The molecule has 2 fully saturated rings. The Bertz CT molecular complexity index is 359. The molecule has 0 aromatic heterocycles. The predicted molar refractivity (Wildman–Crippen MR) is 82.2 cm³/mol. The lowest BCUT2D eigenvalue weighted by Gasteiger charge is -2.37. The monoisotopic (exact) mass is 319 g/mol. The minimum Gasteiger partial charge on any atom is -0.375 e. The minimum absolute atomic E-state index is 0. The van der Waals surface area contributed by atoms with Crippen LogP contribution in [0.15, 0.2) is 0 Å². The molecule has 0 spiro atoms. The normalized spacial score (nSPS) is 26.2. The van der Waals surface area contributed by atoms with Crippen molar-refractivity contribution in [3.8, 4) is 0 Å². The molecule has 1 heterocycles. The minimum atomic E-state index is -0.000660. The summed E-state index contributed by atoms with van der Waals surface area (Å²) >= 11 is 0. The van der Waals surface area contributed by atoms with Crippen LogP contribution in [0.1, 0.15) is 25.7 Å². The van der Waals surface area contributed by atoms with Gasteiger partial charge in [-0.3, -0.25) is 9.59 Å². The second-order valence-corrected chi connectivity index (χ2v) is 5.76. The Hall–Kier alpha value is -0.850.